The molecular formula is C18H20FN5O2. The SMILES string of the molecule is CC(=NC(C)c1ccc(F)cc1)Nc1cc2[nH]nc(OCCO)c2cn1. The molecule has 136 valence electrons. The number of aromatic nitrogens is 3. The van der Waals surface area contributed by atoms with Gasteiger partial charge in [0.05, 0.1) is 29.4 Å². The molecule has 1 aromatic carbocycles. The maximum Gasteiger partial charge on any atom is 0.242 e. The highest BCUT2D eigenvalue weighted by Crippen LogP contribution is 2.24. The molecule has 3 rings (SSSR count). The minimum Gasteiger partial charge on any atom is -0.474 e. The topological polar surface area (TPSA) is 95.4 Å². The monoisotopic (exact) mass is 357 g/mol. The minimum absolute atomic E-state index is 0.0800. The van der Waals surface area contributed by atoms with E-state index in [2.05, 4.69) is 25.5 Å². The average molecular weight is 357 g/mol. The van der Waals surface area contributed by atoms with Gasteiger partial charge in [0, 0.05) is 12.3 Å². The summed E-state index contributed by atoms with van der Waals surface area (Å²) < 4.78 is 18.3. The van der Waals surface area contributed by atoms with E-state index < -0.39 is 0 Å². The maximum atomic E-state index is 13.0. The molecule has 26 heavy (non-hydrogen) atoms. The van der Waals surface area contributed by atoms with Crippen LogP contribution in [0.2, 0.25) is 0 Å². The highest BCUT2D eigenvalue weighted by atomic mass is 19.1. The number of aromatic amines is 1. The summed E-state index contributed by atoms with van der Waals surface area (Å²) in [5.74, 6) is 1.44. The van der Waals surface area contributed by atoms with E-state index in [1.54, 1.807) is 24.4 Å². The quantitative estimate of drug-likeness (QED) is 0.465. The van der Waals surface area contributed by atoms with Crippen LogP contribution in [-0.2, 0) is 0 Å². The van der Waals surface area contributed by atoms with Crippen LogP contribution in [0.4, 0.5) is 10.2 Å². The van der Waals surface area contributed by atoms with Gasteiger partial charge in [-0.3, -0.25) is 10.1 Å². The van der Waals surface area contributed by atoms with Crippen LogP contribution in [0.15, 0.2) is 41.5 Å². The van der Waals surface area contributed by atoms with Crippen molar-refractivity contribution >= 4 is 22.6 Å². The molecule has 0 spiro atoms. The van der Waals surface area contributed by atoms with E-state index in [4.69, 9.17) is 9.84 Å². The standard InChI is InChI=1S/C18H20FN5O2/c1-11(13-3-5-14(19)6-4-13)21-12(2)22-17-9-16-15(10-20-17)18(24-23-16)26-8-7-25/h3-6,9-11,25H,7-8H2,1-2H3,(H,23,24)(H,20,21,22). The number of ether oxygens (including phenoxy) is 1. The molecule has 0 aliphatic rings. The molecule has 3 aromatic rings. The number of pyridine rings is 1. The van der Waals surface area contributed by atoms with Crippen LogP contribution in [0.5, 0.6) is 5.88 Å². The van der Waals surface area contributed by atoms with Gasteiger partial charge in [-0.05, 0) is 31.5 Å². The summed E-state index contributed by atoms with van der Waals surface area (Å²) in [5.41, 5.74) is 1.69. The third kappa shape index (κ3) is 4.15. The smallest absolute Gasteiger partial charge is 0.242 e. The van der Waals surface area contributed by atoms with Gasteiger partial charge in [0.15, 0.2) is 0 Å². The number of hydrogen-bond acceptors (Lipinski definition) is 5. The minimum atomic E-state index is -0.265. The zero-order valence-electron chi connectivity index (χ0n) is 14.5. The van der Waals surface area contributed by atoms with Crippen LogP contribution in [0, 0.1) is 5.82 Å². The van der Waals surface area contributed by atoms with Crippen molar-refractivity contribution in [3.05, 3.63) is 47.9 Å². The lowest BCUT2D eigenvalue weighted by molar-refractivity contribution is 0.198. The van der Waals surface area contributed by atoms with E-state index >= 15 is 0 Å². The normalized spacial score (nSPS) is 13.0. The number of fused-ring (bicyclic) bond motifs is 1. The maximum absolute atomic E-state index is 13.0. The number of benzene rings is 1. The summed E-state index contributed by atoms with van der Waals surface area (Å²) in [6.45, 7) is 3.87. The van der Waals surface area contributed by atoms with Crippen molar-refractivity contribution in [1.82, 2.24) is 15.2 Å². The number of anilines is 1. The van der Waals surface area contributed by atoms with Crippen LogP contribution < -0.4 is 10.1 Å². The highest BCUT2D eigenvalue weighted by molar-refractivity contribution is 5.95. The fraction of sp³-hybridized carbons (Fsp3) is 0.278. The number of nitrogens with zero attached hydrogens (tertiary/aromatic N) is 3. The Kier molecular flexibility index (Phi) is 5.43. The Hall–Kier alpha value is -3.00. The van der Waals surface area contributed by atoms with Gasteiger partial charge in [-0.2, -0.15) is 0 Å². The number of hydrogen-bond donors (Lipinski definition) is 3. The number of aliphatic hydroxyl groups is 1. The van der Waals surface area contributed by atoms with Gasteiger partial charge in [0.25, 0.3) is 0 Å². The number of amidine groups is 1. The lowest BCUT2D eigenvalue weighted by atomic mass is 10.1. The molecule has 0 aliphatic carbocycles. The number of nitrogens with one attached hydrogen (secondary N) is 2. The lowest BCUT2D eigenvalue weighted by Crippen LogP contribution is -2.10. The van der Waals surface area contributed by atoms with Gasteiger partial charge in [-0.25, -0.2) is 9.37 Å². The molecule has 1 unspecified atom stereocenters. The summed E-state index contributed by atoms with van der Waals surface area (Å²) in [5, 5.41) is 19.6. The van der Waals surface area contributed by atoms with Crippen molar-refractivity contribution < 1.29 is 14.2 Å². The Morgan fingerprint density at radius 2 is 2.15 bits per heavy atom. The summed E-state index contributed by atoms with van der Waals surface area (Å²) in [6.07, 6.45) is 1.64. The van der Waals surface area contributed by atoms with E-state index in [1.807, 2.05) is 13.8 Å². The molecular weight excluding hydrogens is 337 g/mol. The second-order valence-electron chi connectivity index (χ2n) is 5.78. The zero-order chi connectivity index (χ0) is 18.5. The van der Waals surface area contributed by atoms with Crippen LogP contribution in [0.25, 0.3) is 10.9 Å². The predicted molar refractivity (Wildman–Crippen MR) is 98.0 cm³/mol. The van der Waals surface area contributed by atoms with Gasteiger partial charge >= 0.3 is 0 Å². The third-order valence-electron chi connectivity index (χ3n) is 3.79. The Morgan fingerprint density at radius 1 is 1.38 bits per heavy atom. The molecule has 8 heteroatoms. The van der Waals surface area contributed by atoms with Crippen molar-refractivity contribution in [3.63, 3.8) is 0 Å². The van der Waals surface area contributed by atoms with E-state index in [0.29, 0.717) is 17.5 Å². The number of H-pyrrole nitrogens is 1. The van der Waals surface area contributed by atoms with Crippen molar-refractivity contribution in [1.29, 1.82) is 0 Å². The molecule has 0 saturated carbocycles. The fourth-order valence-electron chi connectivity index (χ4n) is 2.53. The molecule has 2 aromatic heterocycles. The average Bonchev–Trinajstić information content (AvgIpc) is 3.02. The van der Waals surface area contributed by atoms with Crippen LogP contribution in [-0.4, -0.2) is 39.3 Å². The van der Waals surface area contributed by atoms with Crippen LogP contribution >= 0.6 is 0 Å². The second kappa shape index (κ2) is 7.92. The molecule has 0 radical (unpaired) electrons. The zero-order valence-corrected chi connectivity index (χ0v) is 14.5. The molecule has 0 aliphatic heterocycles. The molecule has 2 heterocycles. The first-order valence-corrected chi connectivity index (χ1v) is 8.21. The third-order valence-corrected chi connectivity index (χ3v) is 3.79. The Balaban J connectivity index is 1.72. The number of halogens is 1. The predicted octanol–water partition coefficient (Wildman–Crippen LogP) is 3.06. The molecule has 0 fully saturated rings. The fourth-order valence-corrected chi connectivity index (χ4v) is 2.53. The second-order valence-corrected chi connectivity index (χ2v) is 5.78. The van der Waals surface area contributed by atoms with Crippen LogP contribution in [0.1, 0.15) is 25.5 Å². The van der Waals surface area contributed by atoms with Gasteiger partial charge < -0.3 is 15.2 Å². The first kappa shape index (κ1) is 17.8. The van der Waals surface area contributed by atoms with Gasteiger partial charge in [0.1, 0.15) is 18.2 Å². The van der Waals surface area contributed by atoms with Crippen molar-refractivity contribution in [3.8, 4) is 5.88 Å². The van der Waals surface area contributed by atoms with Crippen molar-refractivity contribution in [2.24, 2.45) is 4.99 Å². The van der Waals surface area contributed by atoms with E-state index in [9.17, 15) is 4.39 Å². The van der Waals surface area contributed by atoms with Gasteiger partial charge in [-0.1, -0.05) is 12.1 Å². The highest BCUT2D eigenvalue weighted by Gasteiger charge is 2.09. The Bertz CT molecular complexity index is 908. The molecule has 0 saturated heterocycles. The number of aliphatic imine (C=N–C) groups is 1. The molecule has 0 amide bonds. The number of aliphatic hydroxyl groups excluding tert-OH is 1. The largest absolute Gasteiger partial charge is 0.474 e. The van der Waals surface area contributed by atoms with Gasteiger partial charge in [-0.15, -0.1) is 5.10 Å². The molecule has 1 atom stereocenters. The Morgan fingerprint density at radius 3 is 2.88 bits per heavy atom. The van der Waals surface area contributed by atoms with E-state index in [0.717, 1.165) is 16.5 Å². The van der Waals surface area contributed by atoms with E-state index in [-0.39, 0.29) is 25.1 Å². The molecule has 0 bridgehead atoms. The first-order valence-electron chi connectivity index (χ1n) is 8.21. The summed E-state index contributed by atoms with van der Waals surface area (Å²) in [7, 11) is 0. The molecule has 7 nitrogen and oxygen atoms in total. The Labute approximate surface area is 149 Å². The lowest BCUT2D eigenvalue weighted by Gasteiger charge is -2.10. The van der Waals surface area contributed by atoms with E-state index in [1.165, 1.54) is 12.1 Å². The first-order chi connectivity index (χ1) is 12.6. The van der Waals surface area contributed by atoms with Crippen LogP contribution in [0.3, 0.4) is 0 Å². The van der Waals surface area contributed by atoms with Gasteiger partial charge in [0.2, 0.25) is 5.88 Å². The van der Waals surface area contributed by atoms with Crippen molar-refractivity contribution in [2.75, 3.05) is 18.5 Å². The number of rotatable bonds is 6. The molecule has 3 N–H and O–H groups in total. The summed E-state index contributed by atoms with van der Waals surface area (Å²) in [6, 6.07) is 7.98. The summed E-state index contributed by atoms with van der Waals surface area (Å²) >= 11 is 0. The summed E-state index contributed by atoms with van der Waals surface area (Å²) in [4.78, 5) is 8.90. The van der Waals surface area contributed by atoms with Crippen molar-refractivity contribution in [2.45, 2.75) is 19.9 Å².